The van der Waals surface area contributed by atoms with Gasteiger partial charge in [0, 0.05) is 31.2 Å². The van der Waals surface area contributed by atoms with Crippen molar-refractivity contribution in [2.45, 2.75) is 72.6 Å². The minimum absolute atomic E-state index is 0.0236. The number of hydrogen-bond acceptors (Lipinski definition) is 4. The van der Waals surface area contributed by atoms with E-state index in [2.05, 4.69) is 24.5 Å². The monoisotopic (exact) mass is 328 g/mol. The molecule has 0 radical (unpaired) electrons. The average Bonchev–Trinajstić information content (AvgIpc) is 2.50. The average molecular weight is 328 g/mol. The lowest BCUT2D eigenvalue weighted by Crippen LogP contribution is -2.54. The van der Waals surface area contributed by atoms with Gasteiger partial charge in [-0.2, -0.15) is 0 Å². The second-order valence-electron chi connectivity index (χ2n) is 8.17. The molecule has 1 heterocycles. The van der Waals surface area contributed by atoms with E-state index in [1.807, 2.05) is 27.7 Å². The van der Waals surface area contributed by atoms with Crippen LogP contribution in [0.5, 0.6) is 0 Å². The van der Waals surface area contributed by atoms with Gasteiger partial charge in [0.05, 0.1) is 12.1 Å². The Balaban J connectivity index is 2.57. The number of rotatable bonds is 8. The summed E-state index contributed by atoms with van der Waals surface area (Å²) in [6.07, 6.45) is 1.46. The molecule has 1 amide bonds. The van der Waals surface area contributed by atoms with Crippen LogP contribution < -0.4 is 10.6 Å². The van der Waals surface area contributed by atoms with Crippen molar-refractivity contribution in [1.82, 2.24) is 10.6 Å². The molecule has 1 fully saturated rings. The van der Waals surface area contributed by atoms with E-state index < -0.39 is 6.10 Å². The highest BCUT2D eigenvalue weighted by Crippen LogP contribution is 2.25. The van der Waals surface area contributed by atoms with E-state index in [0.717, 1.165) is 26.1 Å². The SMILES string of the molecule is CC(C)C(NC1CCOCC1)C(=O)NCC(C)(C)C(O)C(C)C. The van der Waals surface area contributed by atoms with E-state index >= 15 is 0 Å². The molecule has 23 heavy (non-hydrogen) atoms. The maximum atomic E-state index is 12.6. The fraction of sp³-hybridized carbons (Fsp3) is 0.944. The standard InChI is InChI=1S/C18H36N2O3/c1-12(2)15(20-14-7-9-23-10-8-14)17(22)19-11-18(5,6)16(21)13(3)4/h12-16,20-21H,7-11H2,1-6H3,(H,19,22). The van der Waals surface area contributed by atoms with Crippen LogP contribution in [0.4, 0.5) is 0 Å². The van der Waals surface area contributed by atoms with Crippen LogP contribution in [-0.2, 0) is 9.53 Å². The van der Waals surface area contributed by atoms with E-state index in [0.29, 0.717) is 12.6 Å². The number of ether oxygens (including phenoxy) is 1. The van der Waals surface area contributed by atoms with Crippen LogP contribution >= 0.6 is 0 Å². The van der Waals surface area contributed by atoms with Gasteiger partial charge in [0.25, 0.3) is 0 Å². The molecule has 0 bridgehead atoms. The minimum atomic E-state index is -0.441. The molecule has 0 aromatic heterocycles. The summed E-state index contributed by atoms with van der Waals surface area (Å²) in [6.45, 7) is 14.1. The summed E-state index contributed by atoms with van der Waals surface area (Å²) in [6, 6.07) is 0.140. The fourth-order valence-electron chi connectivity index (χ4n) is 3.12. The molecule has 5 nitrogen and oxygen atoms in total. The van der Waals surface area contributed by atoms with E-state index in [1.54, 1.807) is 0 Å². The molecule has 0 spiro atoms. The van der Waals surface area contributed by atoms with Crippen molar-refractivity contribution in [1.29, 1.82) is 0 Å². The zero-order chi connectivity index (χ0) is 17.6. The lowest BCUT2D eigenvalue weighted by atomic mass is 9.80. The highest BCUT2D eigenvalue weighted by Gasteiger charge is 2.32. The maximum absolute atomic E-state index is 12.6. The maximum Gasteiger partial charge on any atom is 0.237 e. The van der Waals surface area contributed by atoms with E-state index in [9.17, 15) is 9.90 Å². The summed E-state index contributed by atoms with van der Waals surface area (Å²) in [5.41, 5.74) is -0.343. The summed E-state index contributed by atoms with van der Waals surface area (Å²) in [5.74, 6) is 0.412. The van der Waals surface area contributed by atoms with Crippen molar-refractivity contribution in [2.24, 2.45) is 17.3 Å². The Kier molecular flexibility index (Phi) is 7.98. The molecule has 1 aliphatic heterocycles. The van der Waals surface area contributed by atoms with Crippen LogP contribution in [0.15, 0.2) is 0 Å². The van der Waals surface area contributed by atoms with Crippen molar-refractivity contribution in [2.75, 3.05) is 19.8 Å². The molecule has 2 unspecified atom stereocenters. The van der Waals surface area contributed by atoms with Gasteiger partial charge in [-0.3, -0.25) is 4.79 Å². The lowest BCUT2D eigenvalue weighted by molar-refractivity contribution is -0.125. The molecule has 2 atom stereocenters. The zero-order valence-electron chi connectivity index (χ0n) is 15.7. The number of aliphatic hydroxyl groups excluding tert-OH is 1. The first-order valence-electron chi connectivity index (χ1n) is 8.94. The third kappa shape index (κ3) is 6.40. The van der Waals surface area contributed by atoms with Crippen LogP contribution in [-0.4, -0.2) is 49.0 Å². The molecule has 0 aliphatic carbocycles. The number of carbonyl (C=O) groups excluding carboxylic acids is 1. The predicted molar refractivity (Wildman–Crippen MR) is 93.2 cm³/mol. The third-order valence-corrected chi connectivity index (χ3v) is 4.74. The first kappa shape index (κ1) is 20.4. The Hall–Kier alpha value is -0.650. The third-order valence-electron chi connectivity index (χ3n) is 4.74. The number of hydrogen-bond donors (Lipinski definition) is 3. The molecule has 0 aromatic rings. The van der Waals surface area contributed by atoms with E-state index in [4.69, 9.17) is 4.74 Å². The van der Waals surface area contributed by atoms with E-state index in [-0.39, 0.29) is 29.2 Å². The van der Waals surface area contributed by atoms with Gasteiger partial charge in [-0.1, -0.05) is 41.5 Å². The molecule has 1 aliphatic rings. The Morgan fingerprint density at radius 1 is 1.17 bits per heavy atom. The molecule has 0 aromatic carbocycles. The largest absolute Gasteiger partial charge is 0.392 e. The molecule has 1 saturated heterocycles. The smallest absolute Gasteiger partial charge is 0.237 e. The minimum Gasteiger partial charge on any atom is -0.392 e. The summed E-state index contributed by atoms with van der Waals surface area (Å²) in [5, 5.41) is 16.8. The van der Waals surface area contributed by atoms with Crippen LogP contribution in [0.3, 0.4) is 0 Å². The number of nitrogens with one attached hydrogen (secondary N) is 2. The van der Waals surface area contributed by atoms with Gasteiger partial charge in [0.2, 0.25) is 5.91 Å². The zero-order valence-corrected chi connectivity index (χ0v) is 15.7. The van der Waals surface area contributed by atoms with Crippen molar-refractivity contribution >= 4 is 5.91 Å². The van der Waals surface area contributed by atoms with Gasteiger partial charge < -0.3 is 20.5 Å². The van der Waals surface area contributed by atoms with Gasteiger partial charge in [-0.05, 0) is 24.7 Å². The molecule has 5 heteroatoms. The van der Waals surface area contributed by atoms with Crippen molar-refractivity contribution in [3.63, 3.8) is 0 Å². The summed E-state index contributed by atoms with van der Waals surface area (Å²) in [4.78, 5) is 12.6. The van der Waals surface area contributed by atoms with Gasteiger partial charge in [-0.25, -0.2) is 0 Å². The number of carbonyl (C=O) groups is 1. The van der Waals surface area contributed by atoms with Crippen LogP contribution in [0.25, 0.3) is 0 Å². The highest BCUT2D eigenvalue weighted by molar-refractivity contribution is 5.82. The first-order chi connectivity index (χ1) is 10.6. The first-order valence-corrected chi connectivity index (χ1v) is 8.94. The quantitative estimate of drug-likeness (QED) is 0.637. The van der Waals surface area contributed by atoms with Crippen LogP contribution in [0.2, 0.25) is 0 Å². The molecular formula is C18H36N2O3. The van der Waals surface area contributed by atoms with Gasteiger partial charge in [0.1, 0.15) is 0 Å². The Labute approximate surface area is 141 Å². The fourth-order valence-corrected chi connectivity index (χ4v) is 3.12. The Bertz CT molecular complexity index is 363. The van der Waals surface area contributed by atoms with Crippen LogP contribution in [0.1, 0.15) is 54.4 Å². The van der Waals surface area contributed by atoms with Crippen molar-refractivity contribution < 1.29 is 14.6 Å². The predicted octanol–water partition coefficient (Wildman–Crippen LogP) is 1.94. The van der Waals surface area contributed by atoms with Crippen molar-refractivity contribution in [3.8, 4) is 0 Å². The Morgan fingerprint density at radius 2 is 1.74 bits per heavy atom. The van der Waals surface area contributed by atoms with Gasteiger partial charge in [0.15, 0.2) is 0 Å². The molecule has 136 valence electrons. The topological polar surface area (TPSA) is 70.6 Å². The lowest BCUT2D eigenvalue weighted by Gasteiger charge is -2.35. The van der Waals surface area contributed by atoms with Crippen molar-refractivity contribution in [3.05, 3.63) is 0 Å². The van der Waals surface area contributed by atoms with Gasteiger partial charge in [-0.15, -0.1) is 0 Å². The Morgan fingerprint density at radius 3 is 2.22 bits per heavy atom. The second kappa shape index (κ2) is 9.00. The molecule has 0 saturated carbocycles. The molecular weight excluding hydrogens is 292 g/mol. The summed E-state index contributed by atoms with van der Waals surface area (Å²) < 4.78 is 5.37. The highest BCUT2D eigenvalue weighted by atomic mass is 16.5. The normalized spacial score (nSPS) is 19.9. The number of aliphatic hydroxyl groups is 1. The molecule has 3 N–H and O–H groups in total. The number of amides is 1. The molecule has 1 rings (SSSR count). The second-order valence-corrected chi connectivity index (χ2v) is 8.17. The summed E-state index contributed by atoms with van der Waals surface area (Å²) >= 11 is 0. The van der Waals surface area contributed by atoms with Gasteiger partial charge >= 0.3 is 0 Å². The summed E-state index contributed by atoms with van der Waals surface area (Å²) in [7, 11) is 0. The van der Waals surface area contributed by atoms with E-state index in [1.165, 1.54) is 0 Å². The van der Waals surface area contributed by atoms with Crippen LogP contribution in [0, 0.1) is 17.3 Å².